The topological polar surface area (TPSA) is 65.5 Å². The molecule has 0 aromatic carbocycles. The molecule has 0 atom stereocenters. The zero-order valence-electron chi connectivity index (χ0n) is 12.1. The molecule has 0 aliphatic carbocycles. The van der Waals surface area contributed by atoms with Crippen LogP contribution in [0.1, 0.15) is 5.69 Å². The summed E-state index contributed by atoms with van der Waals surface area (Å²) in [7, 11) is -3.14. The number of sulfonamides is 1. The number of piperazine rings is 1. The first kappa shape index (κ1) is 14.9. The van der Waals surface area contributed by atoms with Crippen LogP contribution in [0.3, 0.4) is 0 Å². The van der Waals surface area contributed by atoms with Crippen molar-refractivity contribution in [1.82, 2.24) is 19.5 Å². The Balaban J connectivity index is 1.48. The van der Waals surface area contributed by atoms with Gasteiger partial charge in [-0.15, -0.1) is 0 Å². The number of aryl methyl sites for hydroxylation is 1. The molecular weight excluding hydrogens is 288 g/mol. The maximum Gasteiger partial charge on any atom is 0.214 e. The quantitative estimate of drug-likeness (QED) is 0.797. The highest BCUT2D eigenvalue weighted by molar-refractivity contribution is 7.89. The van der Waals surface area contributed by atoms with Gasteiger partial charge in [0.25, 0.3) is 0 Å². The van der Waals surface area contributed by atoms with Gasteiger partial charge in [0, 0.05) is 63.6 Å². The van der Waals surface area contributed by atoms with Crippen molar-refractivity contribution in [3.8, 4) is 0 Å². The lowest BCUT2D eigenvalue weighted by Gasteiger charge is -2.45. The van der Waals surface area contributed by atoms with Crippen molar-refractivity contribution in [2.45, 2.75) is 12.5 Å². The zero-order valence-corrected chi connectivity index (χ0v) is 12.9. The Bertz CT molecular complexity index is 552. The normalized spacial score (nSPS) is 22.1. The lowest BCUT2D eigenvalue weighted by Crippen LogP contribution is -2.64. The SMILES string of the molecule is O=S(=O)(CCc1ccccn1)N1CC(N2CCNCC2)C1. The summed E-state index contributed by atoms with van der Waals surface area (Å²) >= 11 is 0. The van der Waals surface area contributed by atoms with Crippen molar-refractivity contribution in [3.63, 3.8) is 0 Å². The van der Waals surface area contributed by atoms with Gasteiger partial charge >= 0.3 is 0 Å². The molecule has 1 aromatic heterocycles. The van der Waals surface area contributed by atoms with Crippen molar-refractivity contribution in [2.24, 2.45) is 0 Å². The summed E-state index contributed by atoms with van der Waals surface area (Å²) in [6, 6.07) is 6.00. The molecule has 2 saturated heterocycles. The van der Waals surface area contributed by atoms with Gasteiger partial charge in [0.15, 0.2) is 0 Å². The first-order chi connectivity index (χ1) is 10.1. The van der Waals surface area contributed by atoms with Crippen molar-refractivity contribution < 1.29 is 8.42 Å². The third kappa shape index (κ3) is 3.60. The van der Waals surface area contributed by atoms with Crippen LogP contribution in [0.2, 0.25) is 0 Å². The van der Waals surface area contributed by atoms with E-state index in [1.807, 2.05) is 18.2 Å². The van der Waals surface area contributed by atoms with E-state index in [4.69, 9.17) is 0 Å². The lowest BCUT2D eigenvalue weighted by molar-refractivity contribution is 0.0773. The van der Waals surface area contributed by atoms with Crippen molar-refractivity contribution in [1.29, 1.82) is 0 Å². The number of nitrogens with zero attached hydrogens (tertiary/aromatic N) is 3. The molecule has 21 heavy (non-hydrogen) atoms. The van der Waals surface area contributed by atoms with Crippen molar-refractivity contribution in [3.05, 3.63) is 30.1 Å². The monoisotopic (exact) mass is 310 g/mol. The molecule has 1 aromatic rings. The van der Waals surface area contributed by atoms with E-state index in [-0.39, 0.29) is 5.75 Å². The number of rotatable bonds is 5. The second kappa shape index (κ2) is 6.39. The van der Waals surface area contributed by atoms with Crippen molar-refractivity contribution in [2.75, 3.05) is 45.0 Å². The van der Waals surface area contributed by atoms with Gasteiger partial charge in [0.05, 0.1) is 5.75 Å². The van der Waals surface area contributed by atoms with E-state index in [0.717, 1.165) is 31.9 Å². The second-order valence-corrected chi connectivity index (χ2v) is 7.73. The van der Waals surface area contributed by atoms with E-state index < -0.39 is 10.0 Å². The van der Waals surface area contributed by atoms with E-state index >= 15 is 0 Å². The Kier molecular flexibility index (Phi) is 4.54. The summed E-state index contributed by atoms with van der Waals surface area (Å²) in [6.45, 7) is 5.33. The van der Waals surface area contributed by atoms with Crippen LogP contribution < -0.4 is 5.32 Å². The van der Waals surface area contributed by atoms with E-state index in [1.54, 1.807) is 10.5 Å². The first-order valence-corrected chi connectivity index (χ1v) is 9.08. The molecule has 0 saturated carbocycles. The van der Waals surface area contributed by atoms with E-state index in [9.17, 15) is 8.42 Å². The van der Waals surface area contributed by atoms with Gasteiger partial charge in [0.2, 0.25) is 10.0 Å². The second-order valence-electron chi connectivity index (χ2n) is 5.64. The Hall–Kier alpha value is -1.02. The number of hydrogen-bond donors (Lipinski definition) is 1. The first-order valence-electron chi connectivity index (χ1n) is 7.48. The molecule has 0 bridgehead atoms. The molecule has 116 valence electrons. The molecule has 0 unspecified atom stereocenters. The summed E-state index contributed by atoms with van der Waals surface area (Å²) in [6.07, 6.45) is 2.18. The minimum atomic E-state index is -3.14. The number of hydrogen-bond acceptors (Lipinski definition) is 5. The van der Waals surface area contributed by atoms with Crippen LogP contribution in [0.4, 0.5) is 0 Å². The Morgan fingerprint density at radius 1 is 1.24 bits per heavy atom. The fourth-order valence-electron chi connectivity index (χ4n) is 2.83. The van der Waals surface area contributed by atoms with Crippen LogP contribution >= 0.6 is 0 Å². The van der Waals surface area contributed by atoms with E-state index in [0.29, 0.717) is 25.6 Å². The lowest BCUT2D eigenvalue weighted by atomic mass is 10.1. The maximum absolute atomic E-state index is 12.3. The predicted octanol–water partition coefficient (Wildman–Crippen LogP) is -0.457. The Morgan fingerprint density at radius 2 is 2.00 bits per heavy atom. The molecule has 0 spiro atoms. The third-order valence-electron chi connectivity index (χ3n) is 4.23. The smallest absolute Gasteiger partial charge is 0.214 e. The number of pyridine rings is 1. The van der Waals surface area contributed by atoms with Gasteiger partial charge in [0.1, 0.15) is 0 Å². The Labute approximate surface area is 126 Å². The third-order valence-corrected chi connectivity index (χ3v) is 6.04. The van der Waals surface area contributed by atoms with Crippen LogP contribution in [0, 0.1) is 0 Å². The molecule has 3 heterocycles. The molecule has 2 aliphatic heterocycles. The van der Waals surface area contributed by atoms with Gasteiger partial charge in [-0.2, -0.15) is 4.31 Å². The molecule has 2 fully saturated rings. The van der Waals surface area contributed by atoms with Gasteiger partial charge in [-0.1, -0.05) is 6.07 Å². The summed E-state index contributed by atoms with van der Waals surface area (Å²) < 4.78 is 26.2. The maximum atomic E-state index is 12.3. The summed E-state index contributed by atoms with van der Waals surface area (Å²) in [5, 5.41) is 3.32. The highest BCUT2D eigenvalue weighted by Crippen LogP contribution is 2.20. The minimum Gasteiger partial charge on any atom is -0.314 e. The van der Waals surface area contributed by atoms with Crippen molar-refractivity contribution >= 4 is 10.0 Å². The van der Waals surface area contributed by atoms with Crippen LogP contribution in [0.5, 0.6) is 0 Å². The molecule has 3 rings (SSSR count). The van der Waals surface area contributed by atoms with Gasteiger partial charge in [-0.3, -0.25) is 9.88 Å². The van der Waals surface area contributed by atoms with E-state index in [2.05, 4.69) is 15.2 Å². The van der Waals surface area contributed by atoms with E-state index in [1.165, 1.54) is 0 Å². The van der Waals surface area contributed by atoms with Gasteiger partial charge < -0.3 is 5.32 Å². The standard InChI is InChI=1S/C14H22N4O2S/c19-21(20,10-4-13-3-1-2-5-16-13)18-11-14(12-18)17-8-6-15-7-9-17/h1-3,5,14-15H,4,6-12H2. The van der Waals surface area contributed by atoms with Crippen LogP contribution in [-0.4, -0.2) is 73.7 Å². The van der Waals surface area contributed by atoms with Gasteiger partial charge in [-0.25, -0.2) is 8.42 Å². The highest BCUT2D eigenvalue weighted by Gasteiger charge is 2.38. The fourth-order valence-corrected chi connectivity index (χ4v) is 4.35. The molecule has 7 heteroatoms. The number of nitrogens with one attached hydrogen (secondary N) is 1. The average Bonchev–Trinajstić information content (AvgIpc) is 2.46. The fraction of sp³-hybridized carbons (Fsp3) is 0.643. The summed E-state index contributed by atoms with van der Waals surface area (Å²) in [5.41, 5.74) is 0.834. The zero-order chi connectivity index (χ0) is 14.7. The van der Waals surface area contributed by atoms with Gasteiger partial charge in [-0.05, 0) is 12.1 Å². The number of aromatic nitrogens is 1. The molecule has 1 N–H and O–H groups in total. The van der Waals surface area contributed by atoms with Crippen LogP contribution in [0.15, 0.2) is 24.4 Å². The summed E-state index contributed by atoms with van der Waals surface area (Å²) in [5.74, 6) is 0.151. The minimum absolute atomic E-state index is 0.151. The molecule has 6 nitrogen and oxygen atoms in total. The predicted molar refractivity (Wildman–Crippen MR) is 81.5 cm³/mol. The summed E-state index contributed by atoms with van der Waals surface area (Å²) in [4.78, 5) is 6.57. The largest absolute Gasteiger partial charge is 0.314 e. The average molecular weight is 310 g/mol. The molecule has 0 amide bonds. The molecular formula is C14H22N4O2S. The molecule has 2 aliphatic rings. The Morgan fingerprint density at radius 3 is 2.67 bits per heavy atom. The molecule has 0 radical (unpaired) electrons. The van der Waals surface area contributed by atoms with Crippen LogP contribution in [-0.2, 0) is 16.4 Å². The highest BCUT2D eigenvalue weighted by atomic mass is 32.2. The van der Waals surface area contributed by atoms with Crippen LogP contribution in [0.25, 0.3) is 0 Å².